The van der Waals surface area contributed by atoms with Gasteiger partial charge in [-0.3, -0.25) is 0 Å². The quantitative estimate of drug-likeness (QED) is 0.402. The van der Waals surface area contributed by atoms with E-state index in [1.165, 1.54) is 16.4 Å². The third-order valence-corrected chi connectivity index (χ3v) is 7.70. The van der Waals surface area contributed by atoms with Gasteiger partial charge in [-0.25, -0.2) is 13.4 Å². The Labute approximate surface area is 185 Å². The molecular formula is C23H23N3O3S2. The lowest BCUT2D eigenvalue weighted by molar-refractivity contribution is 0.208. The molecule has 0 fully saturated rings. The number of aliphatic hydroxyl groups excluding tert-OH is 1. The van der Waals surface area contributed by atoms with Gasteiger partial charge in [0.05, 0.1) is 20.1 Å². The Hall–Kier alpha value is -2.78. The van der Waals surface area contributed by atoms with Crippen LogP contribution in [-0.4, -0.2) is 29.9 Å². The molecule has 0 amide bonds. The lowest BCUT2D eigenvalue weighted by atomic mass is 10.2. The highest BCUT2D eigenvalue weighted by Gasteiger charge is 2.21. The molecule has 0 saturated heterocycles. The molecule has 0 aliphatic heterocycles. The summed E-state index contributed by atoms with van der Waals surface area (Å²) in [6.07, 6.45) is -0.967. The first-order valence-electron chi connectivity index (χ1n) is 9.75. The smallest absolute Gasteiger partial charge is 0.243 e. The highest BCUT2D eigenvalue weighted by Crippen LogP contribution is 2.27. The molecule has 0 radical (unpaired) electrons. The zero-order valence-corrected chi connectivity index (χ0v) is 18.8. The molecule has 1 aromatic heterocycles. The molecule has 4 rings (SSSR count). The number of hydrogen-bond donors (Lipinski definition) is 2. The Morgan fingerprint density at radius 2 is 1.77 bits per heavy atom. The summed E-state index contributed by atoms with van der Waals surface area (Å²) in [7, 11) is -2.08. The number of nitrogens with one attached hydrogen (secondary N) is 1. The number of fused-ring (bicyclic) bond motifs is 1. The molecule has 0 aliphatic carbocycles. The predicted molar refractivity (Wildman–Crippen MR) is 124 cm³/mol. The van der Waals surface area contributed by atoms with Gasteiger partial charge in [0, 0.05) is 24.8 Å². The number of rotatable bonds is 7. The Morgan fingerprint density at radius 3 is 2.48 bits per heavy atom. The molecule has 1 unspecified atom stereocenters. The Kier molecular flexibility index (Phi) is 6.06. The summed E-state index contributed by atoms with van der Waals surface area (Å²) >= 11 is 1.59. The van der Waals surface area contributed by atoms with Crippen molar-refractivity contribution in [2.24, 2.45) is 0 Å². The van der Waals surface area contributed by atoms with Gasteiger partial charge in [0.1, 0.15) is 0 Å². The van der Waals surface area contributed by atoms with E-state index in [1.54, 1.807) is 30.5 Å². The van der Waals surface area contributed by atoms with Crippen molar-refractivity contribution in [3.05, 3.63) is 88.9 Å². The summed E-state index contributed by atoms with van der Waals surface area (Å²) in [5.41, 5.74) is 3.18. The average molecular weight is 454 g/mol. The van der Waals surface area contributed by atoms with E-state index in [9.17, 15) is 13.5 Å². The van der Waals surface area contributed by atoms with E-state index < -0.39 is 16.3 Å². The molecule has 4 aromatic rings. The van der Waals surface area contributed by atoms with Crippen molar-refractivity contribution < 1.29 is 13.5 Å². The summed E-state index contributed by atoms with van der Waals surface area (Å²) < 4.78 is 28.1. The molecule has 1 heterocycles. The van der Waals surface area contributed by atoms with Gasteiger partial charge >= 0.3 is 0 Å². The highest BCUT2D eigenvalue weighted by atomic mass is 32.2. The van der Waals surface area contributed by atoms with Crippen molar-refractivity contribution in [1.29, 1.82) is 0 Å². The summed E-state index contributed by atoms with van der Waals surface area (Å²) in [6, 6.07) is 21.4. The van der Waals surface area contributed by atoms with Crippen LogP contribution in [0.5, 0.6) is 0 Å². The summed E-state index contributed by atoms with van der Waals surface area (Å²) in [5, 5.41) is 14.6. The van der Waals surface area contributed by atoms with Crippen molar-refractivity contribution >= 4 is 37.3 Å². The second-order valence-electron chi connectivity index (χ2n) is 7.28. The maximum Gasteiger partial charge on any atom is 0.243 e. The number of aromatic nitrogens is 1. The molecule has 0 saturated carbocycles. The van der Waals surface area contributed by atoms with E-state index in [2.05, 4.69) is 10.3 Å². The number of sulfonamides is 1. The summed E-state index contributed by atoms with van der Waals surface area (Å²) in [5.74, 6) is 0. The maximum absolute atomic E-state index is 12.9. The average Bonchev–Trinajstić information content (AvgIpc) is 3.13. The van der Waals surface area contributed by atoms with Gasteiger partial charge in [-0.2, -0.15) is 4.31 Å². The predicted octanol–water partition coefficient (Wildman–Crippen LogP) is 4.53. The number of anilines is 1. The molecule has 2 N–H and O–H groups in total. The van der Waals surface area contributed by atoms with E-state index in [0.29, 0.717) is 5.56 Å². The van der Waals surface area contributed by atoms with Crippen molar-refractivity contribution in [3.8, 4) is 0 Å². The zero-order chi connectivity index (χ0) is 22.0. The second-order valence-corrected chi connectivity index (χ2v) is 10.6. The summed E-state index contributed by atoms with van der Waals surface area (Å²) in [4.78, 5) is 4.62. The molecule has 1 atom stereocenters. The van der Waals surface area contributed by atoms with E-state index in [0.717, 1.165) is 26.5 Å². The minimum Gasteiger partial charge on any atom is -0.369 e. The van der Waals surface area contributed by atoms with Crippen LogP contribution in [0.1, 0.15) is 22.4 Å². The fraction of sp³-hybridized carbons (Fsp3) is 0.174. The minimum absolute atomic E-state index is 0.184. The van der Waals surface area contributed by atoms with Crippen LogP contribution in [0, 0.1) is 6.92 Å². The van der Waals surface area contributed by atoms with Crippen LogP contribution in [0.3, 0.4) is 0 Å². The van der Waals surface area contributed by atoms with Crippen LogP contribution in [-0.2, 0) is 16.6 Å². The van der Waals surface area contributed by atoms with Crippen molar-refractivity contribution in [2.75, 3.05) is 12.4 Å². The molecule has 8 heteroatoms. The fourth-order valence-electron chi connectivity index (χ4n) is 3.30. The van der Waals surface area contributed by atoms with Crippen LogP contribution in [0.4, 0.5) is 5.69 Å². The van der Waals surface area contributed by atoms with Crippen molar-refractivity contribution in [3.63, 3.8) is 0 Å². The first-order chi connectivity index (χ1) is 14.8. The molecule has 3 aromatic carbocycles. The number of nitrogens with zero attached hydrogens (tertiary/aromatic N) is 2. The molecule has 0 aliphatic rings. The molecular weight excluding hydrogens is 430 g/mol. The third-order valence-electron chi connectivity index (χ3n) is 4.95. The largest absolute Gasteiger partial charge is 0.369 e. The van der Waals surface area contributed by atoms with Crippen LogP contribution in [0.25, 0.3) is 10.2 Å². The number of hydrogen-bond acceptors (Lipinski definition) is 6. The van der Waals surface area contributed by atoms with E-state index in [1.807, 2.05) is 55.5 Å². The SMILES string of the molecule is Cc1nc2ccc(NC(O)c3ccc(S(=O)(=O)N(C)Cc4ccccc4)cc3)cc2s1. The third kappa shape index (κ3) is 4.77. The van der Waals surface area contributed by atoms with E-state index in [4.69, 9.17) is 0 Å². The fourth-order valence-corrected chi connectivity index (χ4v) is 5.32. The Morgan fingerprint density at radius 1 is 1.06 bits per heavy atom. The topological polar surface area (TPSA) is 82.5 Å². The second kappa shape index (κ2) is 8.76. The van der Waals surface area contributed by atoms with Gasteiger partial charge in [0.15, 0.2) is 6.23 Å². The first-order valence-corrected chi connectivity index (χ1v) is 12.0. The molecule has 31 heavy (non-hydrogen) atoms. The number of thiazole rings is 1. The lowest BCUT2D eigenvalue weighted by Crippen LogP contribution is -2.26. The first kappa shape index (κ1) is 21.5. The summed E-state index contributed by atoms with van der Waals surface area (Å²) in [6.45, 7) is 2.24. The standard InChI is InChI=1S/C23H23N3O3S2/c1-16-24-21-13-10-19(14-22(21)30-16)25-23(27)18-8-11-20(12-9-18)31(28,29)26(2)15-17-6-4-3-5-7-17/h3-14,23,25,27H,15H2,1-2H3. The molecule has 160 valence electrons. The van der Waals surface area contributed by atoms with Gasteiger partial charge in [-0.05, 0) is 42.8 Å². The van der Waals surface area contributed by atoms with Crippen LogP contribution < -0.4 is 5.32 Å². The van der Waals surface area contributed by atoms with Crippen molar-refractivity contribution in [2.45, 2.75) is 24.6 Å². The van der Waals surface area contributed by atoms with Crippen LogP contribution in [0.2, 0.25) is 0 Å². The highest BCUT2D eigenvalue weighted by molar-refractivity contribution is 7.89. The molecule has 0 bridgehead atoms. The monoisotopic (exact) mass is 453 g/mol. The van der Waals surface area contributed by atoms with E-state index >= 15 is 0 Å². The molecule has 0 spiro atoms. The van der Waals surface area contributed by atoms with Gasteiger partial charge in [0.2, 0.25) is 10.0 Å². The normalized spacial score (nSPS) is 12.9. The van der Waals surface area contributed by atoms with Gasteiger partial charge < -0.3 is 10.4 Å². The van der Waals surface area contributed by atoms with Crippen LogP contribution >= 0.6 is 11.3 Å². The zero-order valence-electron chi connectivity index (χ0n) is 17.2. The molecule has 6 nitrogen and oxygen atoms in total. The number of aryl methyl sites for hydroxylation is 1. The van der Waals surface area contributed by atoms with Crippen LogP contribution in [0.15, 0.2) is 77.7 Å². The Balaban J connectivity index is 1.47. The minimum atomic E-state index is -3.63. The van der Waals surface area contributed by atoms with Gasteiger partial charge in [-0.1, -0.05) is 42.5 Å². The maximum atomic E-state index is 12.9. The lowest BCUT2D eigenvalue weighted by Gasteiger charge is -2.18. The Bertz CT molecular complexity index is 1290. The van der Waals surface area contributed by atoms with Crippen molar-refractivity contribution in [1.82, 2.24) is 9.29 Å². The van der Waals surface area contributed by atoms with Gasteiger partial charge in [-0.15, -0.1) is 11.3 Å². The van der Waals surface area contributed by atoms with Gasteiger partial charge in [0.25, 0.3) is 0 Å². The van der Waals surface area contributed by atoms with E-state index in [-0.39, 0.29) is 11.4 Å². The number of aliphatic hydroxyl groups is 1. The number of benzene rings is 3.